The standard InChI is InChI=1S/C8H16O2/c1-5(2)8(9)6(3)7-4-10-7/h5-9H,4H2,1-3H3. The molecule has 3 unspecified atom stereocenters. The summed E-state index contributed by atoms with van der Waals surface area (Å²) in [7, 11) is 0. The minimum atomic E-state index is -0.201. The molecular weight excluding hydrogens is 128 g/mol. The Labute approximate surface area is 62.2 Å². The molecule has 0 aromatic carbocycles. The highest BCUT2D eigenvalue weighted by Gasteiger charge is 2.34. The third kappa shape index (κ3) is 1.70. The van der Waals surface area contributed by atoms with Crippen LogP contribution in [0.5, 0.6) is 0 Å². The van der Waals surface area contributed by atoms with Gasteiger partial charge in [0.2, 0.25) is 0 Å². The van der Waals surface area contributed by atoms with Crippen molar-refractivity contribution in [2.24, 2.45) is 11.8 Å². The third-order valence-corrected chi connectivity index (χ3v) is 2.17. The monoisotopic (exact) mass is 144 g/mol. The molecule has 1 aliphatic heterocycles. The summed E-state index contributed by atoms with van der Waals surface area (Å²) in [6, 6.07) is 0. The summed E-state index contributed by atoms with van der Waals surface area (Å²) < 4.78 is 5.08. The quantitative estimate of drug-likeness (QED) is 0.600. The molecule has 2 heteroatoms. The fourth-order valence-electron chi connectivity index (χ4n) is 1.19. The molecule has 0 saturated carbocycles. The predicted molar refractivity (Wildman–Crippen MR) is 39.7 cm³/mol. The Hall–Kier alpha value is -0.0800. The van der Waals surface area contributed by atoms with Gasteiger partial charge in [-0.2, -0.15) is 0 Å². The fourth-order valence-corrected chi connectivity index (χ4v) is 1.19. The van der Waals surface area contributed by atoms with Gasteiger partial charge in [-0.25, -0.2) is 0 Å². The van der Waals surface area contributed by atoms with Gasteiger partial charge in [-0.1, -0.05) is 20.8 Å². The van der Waals surface area contributed by atoms with Crippen LogP contribution in [0, 0.1) is 11.8 Å². The zero-order valence-corrected chi connectivity index (χ0v) is 6.87. The lowest BCUT2D eigenvalue weighted by Gasteiger charge is -2.19. The van der Waals surface area contributed by atoms with Crippen molar-refractivity contribution in [3.05, 3.63) is 0 Å². The van der Waals surface area contributed by atoms with Gasteiger partial charge in [-0.15, -0.1) is 0 Å². The first-order valence-electron chi connectivity index (χ1n) is 3.92. The molecule has 1 N–H and O–H groups in total. The molecular formula is C8H16O2. The SMILES string of the molecule is CC(C)C(O)C(C)C1CO1. The van der Waals surface area contributed by atoms with Crippen molar-refractivity contribution in [3.8, 4) is 0 Å². The molecule has 2 nitrogen and oxygen atoms in total. The van der Waals surface area contributed by atoms with Crippen molar-refractivity contribution in [2.45, 2.75) is 33.0 Å². The molecule has 1 saturated heterocycles. The third-order valence-electron chi connectivity index (χ3n) is 2.17. The van der Waals surface area contributed by atoms with Gasteiger partial charge in [0.15, 0.2) is 0 Å². The van der Waals surface area contributed by atoms with Crippen LogP contribution in [0.15, 0.2) is 0 Å². The maximum atomic E-state index is 9.53. The molecule has 1 heterocycles. The second-order valence-corrected chi connectivity index (χ2v) is 3.47. The van der Waals surface area contributed by atoms with Crippen LogP contribution in [0.4, 0.5) is 0 Å². The maximum absolute atomic E-state index is 9.53. The van der Waals surface area contributed by atoms with Gasteiger partial charge in [0, 0.05) is 5.92 Å². The topological polar surface area (TPSA) is 32.8 Å². The van der Waals surface area contributed by atoms with Crippen LogP contribution in [0.2, 0.25) is 0 Å². The zero-order chi connectivity index (χ0) is 7.72. The van der Waals surface area contributed by atoms with Gasteiger partial charge in [-0.05, 0) is 5.92 Å². The largest absolute Gasteiger partial charge is 0.392 e. The van der Waals surface area contributed by atoms with E-state index in [0.717, 1.165) is 6.61 Å². The van der Waals surface area contributed by atoms with Crippen LogP contribution in [0.1, 0.15) is 20.8 Å². The molecule has 1 aliphatic rings. The number of epoxide rings is 1. The highest BCUT2D eigenvalue weighted by atomic mass is 16.6. The average Bonchev–Trinajstić information content (AvgIpc) is 2.65. The Morgan fingerprint density at radius 3 is 2.20 bits per heavy atom. The minimum absolute atomic E-state index is 0.201. The molecule has 0 radical (unpaired) electrons. The van der Waals surface area contributed by atoms with Crippen molar-refractivity contribution in [1.82, 2.24) is 0 Å². The van der Waals surface area contributed by atoms with E-state index in [-0.39, 0.29) is 6.10 Å². The van der Waals surface area contributed by atoms with Crippen molar-refractivity contribution >= 4 is 0 Å². The molecule has 1 fully saturated rings. The summed E-state index contributed by atoms with van der Waals surface area (Å²) in [6.07, 6.45) is 0.130. The van der Waals surface area contributed by atoms with E-state index >= 15 is 0 Å². The Kier molecular flexibility index (Phi) is 2.32. The van der Waals surface area contributed by atoms with E-state index in [9.17, 15) is 5.11 Å². The highest BCUT2D eigenvalue weighted by Crippen LogP contribution is 2.25. The molecule has 0 amide bonds. The molecule has 0 aliphatic carbocycles. The number of hydrogen-bond acceptors (Lipinski definition) is 2. The van der Waals surface area contributed by atoms with Crippen LogP contribution < -0.4 is 0 Å². The van der Waals surface area contributed by atoms with Gasteiger partial charge in [0.05, 0.1) is 18.8 Å². The zero-order valence-electron chi connectivity index (χ0n) is 6.87. The van der Waals surface area contributed by atoms with Crippen LogP contribution in [-0.4, -0.2) is 23.9 Å². The van der Waals surface area contributed by atoms with Gasteiger partial charge < -0.3 is 9.84 Å². The van der Waals surface area contributed by atoms with Gasteiger partial charge >= 0.3 is 0 Å². The Balaban J connectivity index is 2.30. The van der Waals surface area contributed by atoms with Crippen LogP contribution >= 0.6 is 0 Å². The number of ether oxygens (including phenoxy) is 1. The van der Waals surface area contributed by atoms with Crippen molar-refractivity contribution < 1.29 is 9.84 Å². The lowest BCUT2D eigenvalue weighted by molar-refractivity contribution is 0.0587. The van der Waals surface area contributed by atoms with Gasteiger partial charge in [0.25, 0.3) is 0 Å². The molecule has 0 aromatic heterocycles. The normalized spacial score (nSPS) is 30.3. The lowest BCUT2D eigenvalue weighted by atomic mass is 9.93. The van der Waals surface area contributed by atoms with Crippen molar-refractivity contribution in [2.75, 3.05) is 6.61 Å². The summed E-state index contributed by atoms with van der Waals surface area (Å²) in [5.74, 6) is 0.652. The number of aliphatic hydroxyl groups excluding tert-OH is 1. The summed E-state index contributed by atoms with van der Waals surface area (Å²) in [5.41, 5.74) is 0. The molecule has 1 rings (SSSR count). The van der Waals surface area contributed by atoms with E-state index in [1.54, 1.807) is 0 Å². The molecule has 3 atom stereocenters. The van der Waals surface area contributed by atoms with Crippen molar-refractivity contribution in [1.29, 1.82) is 0 Å². The number of rotatable bonds is 3. The first kappa shape index (κ1) is 8.02. The van der Waals surface area contributed by atoms with Crippen molar-refractivity contribution in [3.63, 3.8) is 0 Å². The van der Waals surface area contributed by atoms with Crippen LogP contribution in [0.25, 0.3) is 0 Å². The molecule has 10 heavy (non-hydrogen) atoms. The Bertz CT molecular complexity index is 102. The summed E-state index contributed by atoms with van der Waals surface area (Å²) in [6.45, 7) is 6.94. The second kappa shape index (κ2) is 2.89. The summed E-state index contributed by atoms with van der Waals surface area (Å²) in [4.78, 5) is 0. The van der Waals surface area contributed by atoms with Gasteiger partial charge in [-0.3, -0.25) is 0 Å². The van der Waals surface area contributed by atoms with E-state index in [1.807, 2.05) is 20.8 Å². The number of hydrogen-bond donors (Lipinski definition) is 1. The average molecular weight is 144 g/mol. The minimum Gasteiger partial charge on any atom is -0.392 e. The Morgan fingerprint density at radius 2 is 1.90 bits per heavy atom. The fraction of sp³-hybridized carbons (Fsp3) is 1.00. The van der Waals surface area contributed by atoms with E-state index in [0.29, 0.717) is 17.9 Å². The molecule has 60 valence electrons. The van der Waals surface area contributed by atoms with Crippen LogP contribution in [-0.2, 0) is 4.74 Å². The highest BCUT2D eigenvalue weighted by molar-refractivity contribution is 4.82. The van der Waals surface area contributed by atoms with Crippen LogP contribution in [0.3, 0.4) is 0 Å². The first-order chi connectivity index (χ1) is 4.63. The van der Waals surface area contributed by atoms with E-state index < -0.39 is 0 Å². The number of aliphatic hydroxyl groups is 1. The molecule has 0 spiro atoms. The Morgan fingerprint density at radius 1 is 1.40 bits per heavy atom. The van der Waals surface area contributed by atoms with Gasteiger partial charge in [0.1, 0.15) is 0 Å². The van der Waals surface area contributed by atoms with E-state index in [1.165, 1.54) is 0 Å². The second-order valence-electron chi connectivity index (χ2n) is 3.47. The van der Waals surface area contributed by atoms with E-state index in [2.05, 4.69) is 0 Å². The molecule has 0 aromatic rings. The maximum Gasteiger partial charge on any atom is 0.0860 e. The summed E-state index contributed by atoms with van der Waals surface area (Å²) in [5, 5.41) is 9.53. The predicted octanol–water partition coefficient (Wildman–Crippen LogP) is 1.04. The summed E-state index contributed by atoms with van der Waals surface area (Å²) >= 11 is 0. The van der Waals surface area contributed by atoms with E-state index in [4.69, 9.17) is 4.74 Å². The molecule has 0 bridgehead atoms. The smallest absolute Gasteiger partial charge is 0.0860 e. The first-order valence-corrected chi connectivity index (χ1v) is 3.92. The lowest BCUT2D eigenvalue weighted by Crippen LogP contribution is -2.27.